The number of likely N-dealkylation sites (N-methyl/N-ethyl adjacent to an activating group) is 3. The molecule has 1 aromatic carbocycles. The van der Waals surface area contributed by atoms with Crippen LogP contribution in [0, 0.1) is 17.8 Å². The van der Waals surface area contributed by atoms with E-state index in [1.54, 1.807) is 78.8 Å². The van der Waals surface area contributed by atoms with Crippen LogP contribution in [0.4, 0.5) is 4.79 Å². The molecule has 0 aliphatic carbocycles. The van der Waals surface area contributed by atoms with E-state index in [9.17, 15) is 43.5 Å². The normalized spacial score (nSPS) is 26.2. The summed E-state index contributed by atoms with van der Waals surface area (Å²) in [5.74, 6) is -6.03. The van der Waals surface area contributed by atoms with Crippen LogP contribution in [0.2, 0.25) is 0 Å². The summed E-state index contributed by atoms with van der Waals surface area (Å²) in [5.41, 5.74) is 0.729. The Labute approximate surface area is 422 Å². The molecule has 0 saturated heterocycles. The molecule has 0 unspecified atom stereocenters. The molecule has 18 heteroatoms. The van der Waals surface area contributed by atoms with Crippen LogP contribution in [0.25, 0.3) is 0 Å². The summed E-state index contributed by atoms with van der Waals surface area (Å²) in [6.07, 6.45) is 0.543. The zero-order chi connectivity index (χ0) is 53.9. The minimum absolute atomic E-state index is 0.0300. The van der Waals surface area contributed by atoms with Gasteiger partial charge in [0.05, 0.1) is 12.6 Å². The van der Waals surface area contributed by atoms with Crippen LogP contribution in [0.5, 0.6) is 0 Å². The van der Waals surface area contributed by atoms with E-state index in [2.05, 4.69) is 16.0 Å². The molecule has 0 fully saturated rings. The van der Waals surface area contributed by atoms with Gasteiger partial charge in [0, 0.05) is 45.6 Å². The van der Waals surface area contributed by atoms with Crippen LogP contribution in [0.3, 0.4) is 0 Å². The van der Waals surface area contributed by atoms with Crippen LogP contribution in [-0.2, 0) is 54.2 Å². The van der Waals surface area contributed by atoms with E-state index in [4.69, 9.17) is 14.2 Å². The summed E-state index contributed by atoms with van der Waals surface area (Å²) < 4.78 is 17.2. The first-order valence-corrected chi connectivity index (χ1v) is 24.9. The van der Waals surface area contributed by atoms with Gasteiger partial charge in [0.25, 0.3) is 5.91 Å². The topological polar surface area (TPSA) is 230 Å². The third kappa shape index (κ3) is 19.7. The van der Waals surface area contributed by atoms with Crippen LogP contribution in [0.15, 0.2) is 53.6 Å². The molecule has 4 N–H and O–H groups in total. The van der Waals surface area contributed by atoms with Crippen molar-refractivity contribution in [2.24, 2.45) is 17.8 Å². The van der Waals surface area contributed by atoms with Crippen molar-refractivity contribution in [1.82, 2.24) is 30.7 Å². The molecule has 0 aromatic heterocycles. The zero-order valence-corrected chi connectivity index (χ0v) is 45.0. The quantitative estimate of drug-likeness (QED) is 0.0911. The molecule has 0 bridgehead atoms. The number of unbranched alkanes of at least 4 members (excludes halogenated alkanes) is 1. The Morgan fingerprint density at radius 1 is 0.930 bits per heavy atom. The van der Waals surface area contributed by atoms with Crippen LogP contribution in [-0.4, -0.2) is 150 Å². The highest BCUT2D eigenvalue weighted by Crippen LogP contribution is 2.25. The number of alkyl carbamates (subject to hydrolysis) is 1. The predicted molar refractivity (Wildman–Crippen MR) is 270 cm³/mol. The Morgan fingerprint density at radius 3 is 2.14 bits per heavy atom. The highest BCUT2D eigenvalue weighted by molar-refractivity contribution is 5.96. The molecule has 71 heavy (non-hydrogen) atoms. The van der Waals surface area contributed by atoms with Crippen molar-refractivity contribution >= 4 is 47.6 Å². The van der Waals surface area contributed by atoms with E-state index < -0.39 is 114 Å². The number of cyclic esters (lactones) is 2. The summed E-state index contributed by atoms with van der Waals surface area (Å²) in [6, 6.07) is 4.33. The van der Waals surface area contributed by atoms with Crippen molar-refractivity contribution in [3.63, 3.8) is 0 Å². The monoisotopic (exact) mass is 997 g/mol. The first-order valence-electron chi connectivity index (χ1n) is 24.9. The number of nitrogens with one attached hydrogen (secondary N) is 3. The van der Waals surface area contributed by atoms with Gasteiger partial charge in [-0.15, -0.1) is 0 Å². The lowest BCUT2D eigenvalue weighted by Crippen LogP contribution is -2.58. The molecule has 1 aliphatic rings. The summed E-state index contributed by atoms with van der Waals surface area (Å²) in [4.78, 5) is 115. The van der Waals surface area contributed by atoms with Gasteiger partial charge >= 0.3 is 18.0 Å². The van der Waals surface area contributed by atoms with Gasteiger partial charge in [0.2, 0.25) is 23.6 Å². The summed E-state index contributed by atoms with van der Waals surface area (Å²) >= 11 is 0. The minimum atomic E-state index is -1.35. The lowest BCUT2D eigenvalue weighted by Gasteiger charge is -2.35. The molecule has 18 nitrogen and oxygen atoms in total. The molecule has 9 atom stereocenters. The highest BCUT2D eigenvalue weighted by Gasteiger charge is 2.39. The van der Waals surface area contributed by atoms with Crippen molar-refractivity contribution in [2.45, 2.75) is 176 Å². The molecule has 1 heterocycles. The van der Waals surface area contributed by atoms with E-state index in [1.165, 1.54) is 55.8 Å². The Balaban J connectivity index is 2.75. The van der Waals surface area contributed by atoms with Crippen molar-refractivity contribution in [2.75, 3.05) is 34.2 Å². The molecular formula is C53H84N6O12. The number of aliphatic hydroxyl groups is 1. The second kappa shape index (κ2) is 28.9. The molecule has 0 saturated carbocycles. The number of carbonyl (C=O) groups excluding carboxylic acids is 8. The maximum absolute atomic E-state index is 14.8. The SMILES string of the molecule is C/C=C(\C)[C@H]1OC(=O)[C@H](C)N(C)C(=O)[C@H]([C@H](C)CC)NC(=O)CN(C)C(=O)[C@@H](Cc2ccccc2)N(C)C(=O)[C@H](CCCCNC(=O)OC(C)(C)C)NC(=O)[C@@H](CC(C)C)OC(=O)/C(C)=C/C[C@H](O)[C@@H]1C. The molecule has 0 radical (unpaired) electrons. The fourth-order valence-corrected chi connectivity index (χ4v) is 7.80. The average molecular weight is 997 g/mol. The zero-order valence-electron chi connectivity index (χ0n) is 45.0. The van der Waals surface area contributed by atoms with E-state index in [0.29, 0.717) is 30.4 Å². The number of nitrogens with zero attached hydrogens (tertiary/aromatic N) is 3. The lowest BCUT2D eigenvalue weighted by atomic mass is 9.90. The van der Waals surface area contributed by atoms with E-state index >= 15 is 0 Å². The van der Waals surface area contributed by atoms with Gasteiger partial charge in [0.1, 0.15) is 35.9 Å². The van der Waals surface area contributed by atoms with Crippen molar-refractivity contribution in [1.29, 1.82) is 0 Å². The van der Waals surface area contributed by atoms with Crippen LogP contribution in [0.1, 0.15) is 127 Å². The second-order valence-corrected chi connectivity index (χ2v) is 20.4. The number of ether oxygens (including phenoxy) is 3. The third-order valence-electron chi connectivity index (χ3n) is 12.8. The largest absolute Gasteiger partial charge is 0.456 e. The van der Waals surface area contributed by atoms with Gasteiger partial charge in [-0.2, -0.15) is 0 Å². The predicted octanol–water partition coefficient (Wildman–Crippen LogP) is 5.26. The van der Waals surface area contributed by atoms with Gasteiger partial charge in [0.15, 0.2) is 6.10 Å². The molecule has 0 spiro atoms. The van der Waals surface area contributed by atoms with Gasteiger partial charge in [-0.25, -0.2) is 14.4 Å². The van der Waals surface area contributed by atoms with Crippen molar-refractivity contribution in [3.05, 3.63) is 59.2 Å². The molecule has 1 aliphatic heterocycles. The molecule has 6 amide bonds. The average Bonchev–Trinajstić information content (AvgIpc) is 3.31. The first-order chi connectivity index (χ1) is 33.1. The highest BCUT2D eigenvalue weighted by atomic mass is 16.6. The number of carbonyl (C=O) groups is 8. The van der Waals surface area contributed by atoms with E-state index in [0.717, 1.165) is 0 Å². The number of allylic oxidation sites excluding steroid dienone is 1. The molecule has 2 rings (SSSR count). The number of rotatable bonds is 12. The fourth-order valence-electron chi connectivity index (χ4n) is 7.80. The Kier molecular flexibility index (Phi) is 25.0. The Morgan fingerprint density at radius 2 is 1.56 bits per heavy atom. The maximum Gasteiger partial charge on any atom is 0.407 e. The molecule has 398 valence electrons. The van der Waals surface area contributed by atoms with Gasteiger partial charge in [-0.3, -0.25) is 24.0 Å². The summed E-state index contributed by atoms with van der Waals surface area (Å²) in [7, 11) is 4.29. The smallest absolute Gasteiger partial charge is 0.407 e. The number of amides is 6. The van der Waals surface area contributed by atoms with Crippen molar-refractivity contribution in [3.8, 4) is 0 Å². The molecular weight excluding hydrogens is 913 g/mol. The Bertz CT molecular complexity index is 2030. The second-order valence-electron chi connectivity index (χ2n) is 20.4. The van der Waals surface area contributed by atoms with E-state index in [-0.39, 0.29) is 43.7 Å². The van der Waals surface area contributed by atoms with E-state index in [1.807, 2.05) is 26.8 Å². The van der Waals surface area contributed by atoms with Crippen LogP contribution >= 0.6 is 0 Å². The number of hydrogen-bond donors (Lipinski definition) is 4. The van der Waals surface area contributed by atoms with Gasteiger partial charge in [-0.1, -0.05) is 83.5 Å². The van der Waals surface area contributed by atoms with Gasteiger partial charge < -0.3 is 50.0 Å². The summed E-state index contributed by atoms with van der Waals surface area (Å²) in [6.45, 7) is 20.5. The minimum Gasteiger partial charge on any atom is -0.456 e. The number of hydrogen-bond acceptors (Lipinski definition) is 12. The lowest BCUT2D eigenvalue weighted by molar-refractivity contribution is -0.160. The number of aliphatic hydroxyl groups excluding tert-OH is 1. The third-order valence-corrected chi connectivity index (χ3v) is 12.8. The first kappa shape index (κ1) is 61.3. The maximum atomic E-state index is 14.8. The standard InChI is InChI=1S/C53H84N6O12/c1-16-33(5)44-49(65)58(14)37(9)51(67)70-45(34(6)17-2)36(8)41(60)27-26-35(7)50(66)69-42(29-32(3)4)46(62)55-39(25-21-22-28-54-52(68)71-53(10,11)12)47(63)59(15)40(30-38-23-19-18-20-24-38)48(64)57(13)31-43(61)56-44/h17-20,23-24,26,32-33,36-37,39-42,44-45,60H,16,21-22,25,27-31H2,1-15H3,(H,54,68)(H,55,62)(H,56,61)/b34-17+,35-26+/t33-,36+,37+,39+,40-,41+,42-,44+,45-/m1/s1. The fraction of sp³-hybridized carbons (Fsp3) is 0.660. The van der Waals surface area contributed by atoms with Crippen molar-refractivity contribution < 1.29 is 57.7 Å². The van der Waals surface area contributed by atoms with Gasteiger partial charge in [-0.05, 0) is 104 Å². The number of esters is 2. The molecule has 1 aromatic rings. The Hall–Kier alpha value is -5.78. The van der Waals surface area contributed by atoms with Crippen LogP contribution < -0.4 is 16.0 Å². The summed E-state index contributed by atoms with van der Waals surface area (Å²) in [5, 5.41) is 19.7. The number of benzene rings is 1.